The first-order valence-electron chi connectivity index (χ1n) is 6.80. The highest BCUT2D eigenvalue weighted by molar-refractivity contribution is 4.99. The maximum absolute atomic E-state index is 10.3. The highest BCUT2D eigenvalue weighted by Crippen LogP contribution is 2.35. The van der Waals surface area contributed by atoms with Crippen molar-refractivity contribution in [2.45, 2.75) is 79.4 Å². The Morgan fingerprint density at radius 1 is 0.611 bits per heavy atom. The van der Waals surface area contributed by atoms with Gasteiger partial charge >= 0.3 is 0 Å². The summed E-state index contributed by atoms with van der Waals surface area (Å²) in [4.78, 5) is 0. The Morgan fingerprint density at radius 3 is 1.00 bits per heavy atom. The molecule has 0 aromatic rings. The van der Waals surface area contributed by atoms with Gasteiger partial charge in [0.25, 0.3) is 0 Å². The van der Waals surface area contributed by atoms with Gasteiger partial charge < -0.3 is 10.2 Å². The summed E-state index contributed by atoms with van der Waals surface area (Å²) >= 11 is 0. The second kappa shape index (κ2) is 5.34. The molecule has 2 N–H and O–H groups in total. The lowest BCUT2D eigenvalue weighted by molar-refractivity contribution is -0.0416. The molecule has 0 saturated carbocycles. The zero-order valence-electron chi connectivity index (χ0n) is 13.5. The predicted octanol–water partition coefficient (Wildman–Crippen LogP) is 3.92. The molecule has 2 unspecified atom stereocenters. The van der Waals surface area contributed by atoms with Crippen molar-refractivity contribution < 1.29 is 10.2 Å². The number of hydrogen-bond donors (Lipinski definition) is 2. The van der Waals surface area contributed by atoms with Gasteiger partial charge in [-0.2, -0.15) is 0 Å². The van der Waals surface area contributed by atoms with E-state index in [1.807, 2.05) is 67.5 Å². The highest BCUT2D eigenvalue weighted by Gasteiger charge is 2.35. The number of rotatable bonds is 4. The first-order chi connectivity index (χ1) is 7.71. The molecule has 2 heteroatoms. The van der Waals surface area contributed by atoms with Gasteiger partial charge in [-0.3, -0.25) is 0 Å². The molecule has 0 aliphatic heterocycles. The fourth-order valence-electron chi connectivity index (χ4n) is 1.24. The molecule has 0 aromatic heterocycles. The Labute approximate surface area is 113 Å². The van der Waals surface area contributed by atoms with Crippen LogP contribution in [0.25, 0.3) is 0 Å². The van der Waals surface area contributed by atoms with E-state index in [1.54, 1.807) is 0 Å². The van der Waals surface area contributed by atoms with Gasteiger partial charge in [0.15, 0.2) is 0 Å². The van der Waals surface area contributed by atoms with Gasteiger partial charge in [-0.25, -0.2) is 0 Å². The molecule has 2 nitrogen and oxygen atoms in total. The molecule has 0 fully saturated rings. The first-order valence-corrected chi connectivity index (χ1v) is 6.80. The van der Waals surface area contributed by atoms with E-state index in [-0.39, 0.29) is 10.8 Å². The average Bonchev–Trinajstić information content (AvgIpc) is 2.08. The summed E-state index contributed by atoms with van der Waals surface area (Å²) in [6, 6.07) is 0. The van der Waals surface area contributed by atoms with Gasteiger partial charge in [0, 0.05) is 0 Å². The van der Waals surface area contributed by atoms with Crippen LogP contribution < -0.4 is 0 Å². The van der Waals surface area contributed by atoms with Crippen LogP contribution in [-0.4, -0.2) is 21.4 Å². The quantitative estimate of drug-likeness (QED) is 0.749. The minimum Gasteiger partial charge on any atom is -0.389 e. The molecule has 0 aromatic carbocycles. The molecule has 0 rings (SSSR count). The smallest absolute Gasteiger partial charge is 0.0702 e. The van der Waals surface area contributed by atoms with Gasteiger partial charge in [0.2, 0.25) is 0 Å². The van der Waals surface area contributed by atoms with Crippen LogP contribution in [0.1, 0.15) is 68.2 Å². The molecule has 2 atom stereocenters. The Bertz CT molecular complexity index is 255. The Kier molecular flexibility index (Phi) is 5.24. The zero-order valence-corrected chi connectivity index (χ0v) is 13.5. The molecule has 0 aliphatic carbocycles. The summed E-state index contributed by atoms with van der Waals surface area (Å²) in [5.74, 6) is 0. The van der Waals surface area contributed by atoms with Crippen LogP contribution in [-0.2, 0) is 0 Å². The van der Waals surface area contributed by atoms with Gasteiger partial charge in [-0.05, 0) is 37.5 Å². The first kappa shape index (κ1) is 17.7. The van der Waals surface area contributed by atoms with Crippen molar-refractivity contribution >= 4 is 0 Å². The predicted molar refractivity (Wildman–Crippen MR) is 78.5 cm³/mol. The van der Waals surface area contributed by atoms with Crippen molar-refractivity contribution in [1.82, 2.24) is 0 Å². The summed E-state index contributed by atoms with van der Waals surface area (Å²) in [7, 11) is 0. The fourth-order valence-corrected chi connectivity index (χ4v) is 1.24. The Hall–Kier alpha value is -0.340. The molecule has 108 valence electrons. The zero-order chi connectivity index (χ0) is 14.8. The van der Waals surface area contributed by atoms with Crippen molar-refractivity contribution in [2.75, 3.05) is 0 Å². The second-order valence-electron chi connectivity index (χ2n) is 7.93. The standard InChI is InChI=1S/C16H32O2/c1-13(2,3)15(7,17)11-9-10-12-16(8,18)14(4,5)6/h9-10,17-18H,11-12H2,1-8H3/b10-9-. The lowest BCUT2D eigenvalue weighted by atomic mass is 9.74. The van der Waals surface area contributed by atoms with Crippen LogP contribution in [0.2, 0.25) is 0 Å². The fraction of sp³-hybridized carbons (Fsp3) is 0.875. The summed E-state index contributed by atoms with van der Waals surface area (Å²) < 4.78 is 0. The van der Waals surface area contributed by atoms with Crippen LogP contribution in [0.5, 0.6) is 0 Å². The molecular weight excluding hydrogens is 224 g/mol. The molecule has 18 heavy (non-hydrogen) atoms. The van der Waals surface area contributed by atoms with E-state index in [0.717, 1.165) is 0 Å². The average molecular weight is 256 g/mol. The third-order valence-electron chi connectivity index (χ3n) is 4.43. The molecular formula is C16H32O2. The molecule has 0 heterocycles. The van der Waals surface area contributed by atoms with E-state index in [2.05, 4.69) is 0 Å². The van der Waals surface area contributed by atoms with Gasteiger partial charge in [-0.15, -0.1) is 0 Å². The molecule has 0 saturated heterocycles. The third kappa shape index (κ3) is 4.74. The normalized spacial score (nSPS) is 20.8. The monoisotopic (exact) mass is 256 g/mol. The Balaban J connectivity index is 4.47. The minimum absolute atomic E-state index is 0.149. The van der Waals surface area contributed by atoms with E-state index < -0.39 is 11.2 Å². The molecule has 0 spiro atoms. The van der Waals surface area contributed by atoms with Crippen LogP contribution in [0.15, 0.2) is 12.2 Å². The summed E-state index contributed by atoms with van der Waals surface area (Å²) in [6.07, 6.45) is 5.17. The van der Waals surface area contributed by atoms with E-state index in [9.17, 15) is 10.2 Å². The van der Waals surface area contributed by atoms with Crippen molar-refractivity contribution in [3.63, 3.8) is 0 Å². The van der Waals surface area contributed by atoms with E-state index in [4.69, 9.17) is 0 Å². The maximum atomic E-state index is 10.3. The van der Waals surface area contributed by atoms with Crippen molar-refractivity contribution in [2.24, 2.45) is 10.8 Å². The number of hydrogen-bond acceptors (Lipinski definition) is 2. The van der Waals surface area contributed by atoms with E-state index in [0.29, 0.717) is 12.8 Å². The van der Waals surface area contributed by atoms with Crippen LogP contribution >= 0.6 is 0 Å². The summed E-state index contributed by atoms with van der Waals surface area (Å²) in [5.41, 5.74) is -1.75. The second-order valence-corrected chi connectivity index (χ2v) is 7.93. The lowest BCUT2D eigenvalue weighted by Gasteiger charge is -2.37. The molecule has 0 amide bonds. The van der Waals surface area contributed by atoms with Crippen molar-refractivity contribution in [1.29, 1.82) is 0 Å². The number of aliphatic hydroxyl groups is 2. The van der Waals surface area contributed by atoms with Gasteiger partial charge in [0.05, 0.1) is 11.2 Å². The topological polar surface area (TPSA) is 40.5 Å². The SMILES string of the molecule is CC(C)(C)C(C)(O)C/C=C\CC(C)(O)C(C)(C)C. The summed E-state index contributed by atoms with van der Waals surface area (Å²) in [6.45, 7) is 15.9. The van der Waals surface area contributed by atoms with Crippen molar-refractivity contribution in [3.8, 4) is 0 Å². The lowest BCUT2D eigenvalue weighted by Crippen LogP contribution is -2.40. The highest BCUT2D eigenvalue weighted by atomic mass is 16.3. The van der Waals surface area contributed by atoms with Crippen molar-refractivity contribution in [3.05, 3.63) is 12.2 Å². The molecule has 0 radical (unpaired) electrons. The van der Waals surface area contributed by atoms with E-state index >= 15 is 0 Å². The van der Waals surface area contributed by atoms with Gasteiger partial charge in [-0.1, -0.05) is 53.7 Å². The summed E-state index contributed by atoms with van der Waals surface area (Å²) in [5, 5.41) is 20.7. The van der Waals surface area contributed by atoms with E-state index in [1.165, 1.54) is 0 Å². The largest absolute Gasteiger partial charge is 0.389 e. The minimum atomic E-state index is -0.725. The maximum Gasteiger partial charge on any atom is 0.0702 e. The third-order valence-corrected chi connectivity index (χ3v) is 4.43. The Morgan fingerprint density at radius 2 is 0.833 bits per heavy atom. The van der Waals surface area contributed by atoms with Crippen LogP contribution in [0.4, 0.5) is 0 Å². The van der Waals surface area contributed by atoms with Crippen LogP contribution in [0, 0.1) is 10.8 Å². The van der Waals surface area contributed by atoms with Gasteiger partial charge in [0.1, 0.15) is 0 Å². The molecule has 0 bridgehead atoms. The molecule has 0 aliphatic rings. The van der Waals surface area contributed by atoms with Crippen LogP contribution in [0.3, 0.4) is 0 Å².